The molecule has 0 bridgehead atoms. The number of benzene rings is 3. The van der Waals surface area contributed by atoms with Gasteiger partial charge in [-0.2, -0.15) is 5.26 Å². The first-order chi connectivity index (χ1) is 18.9. The van der Waals surface area contributed by atoms with E-state index in [4.69, 9.17) is 14.2 Å². The summed E-state index contributed by atoms with van der Waals surface area (Å²) in [5.41, 5.74) is 1.07. The number of hydrogen-bond acceptors (Lipinski definition) is 7. The first kappa shape index (κ1) is 27.2. The number of anilines is 1. The summed E-state index contributed by atoms with van der Waals surface area (Å²) in [6.07, 6.45) is 1.67. The minimum atomic E-state index is -0.656. The van der Waals surface area contributed by atoms with Crippen molar-refractivity contribution in [2.45, 2.75) is 20.0 Å². The van der Waals surface area contributed by atoms with Crippen LogP contribution in [-0.4, -0.2) is 30.8 Å². The Morgan fingerprint density at radius 3 is 2.33 bits per heavy atom. The topological polar surface area (TPSA) is 103 Å². The first-order valence-electron chi connectivity index (χ1n) is 12.1. The predicted molar refractivity (Wildman–Crippen MR) is 152 cm³/mol. The number of thiazole rings is 1. The maximum atomic E-state index is 13.7. The molecule has 198 valence electrons. The van der Waals surface area contributed by atoms with E-state index >= 15 is 0 Å². The molecule has 0 atom stereocenters. The highest BCUT2D eigenvalue weighted by Crippen LogP contribution is 2.29. The molecule has 9 heteroatoms. The number of amides is 1. The van der Waals surface area contributed by atoms with Gasteiger partial charge in [0.1, 0.15) is 16.5 Å². The molecule has 0 aliphatic rings. The predicted octanol–water partition coefficient (Wildman–Crippen LogP) is 3.85. The number of aromatic nitrogens is 1. The van der Waals surface area contributed by atoms with Crippen LogP contribution in [0.25, 0.3) is 17.3 Å². The number of methoxy groups -OCH3 is 2. The molecule has 0 aliphatic carbocycles. The van der Waals surface area contributed by atoms with Crippen LogP contribution in [0, 0.1) is 11.3 Å². The maximum absolute atomic E-state index is 13.7. The van der Waals surface area contributed by atoms with E-state index in [1.165, 1.54) is 11.7 Å². The summed E-state index contributed by atoms with van der Waals surface area (Å²) in [5, 5.41) is 12.8. The molecular weight excluding hydrogens is 514 g/mol. The molecule has 1 heterocycles. The maximum Gasteiger partial charge on any atom is 0.273 e. The fraction of sp³-hybridized carbons (Fsp3) is 0.167. The van der Waals surface area contributed by atoms with Gasteiger partial charge in [-0.1, -0.05) is 36.4 Å². The standard InChI is InChI=1S/C30H27N3O5S/c1-19(2)38-25-15-14-20(16-26(25)37-4)17-27-29(35)33(21-10-6-5-7-11-21)30(39-27)22(18-31)28(34)32-23-12-8-9-13-24(23)36-3/h5-17,19H,1-4H3,(H,32,34). The molecule has 4 rings (SSSR count). The summed E-state index contributed by atoms with van der Waals surface area (Å²) >= 11 is 1.06. The number of nitrogens with zero attached hydrogens (tertiary/aromatic N) is 2. The summed E-state index contributed by atoms with van der Waals surface area (Å²) in [5.74, 6) is 0.906. The minimum Gasteiger partial charge on any atom is -0.495 e. The number of hydrogen-bond donors (Lipinski definition) is 1. The lowest BCUT2D eigenvalue weighted by Crippen LogP contribution is -2.32. The van der Waals surface area contributed by atoms with Gasteiger partial charge in [-0.25, -0.2) is 0 Å². The highest BCUT2D eigenvalue weighted by atomic mass is 32.1. The third-order valence-corrected chi connectivity index (χ3v) is 6.69. The quantitative estimate of drug-likeness (QED) is 0.364. The van der Waals surface area contributed by atoms with E-state index in [-0.39, 0.29) is 21.9 Å². The summed E-state index contributed by atoms with van der Waals surface area (Å²) in [4.78, 5) is 27.0. The monoisotopic (exact) mass is 541 g/mol. The van der Waals surface area contributed by atoms with Crippen molar-refractivity contribution in [1.82, 2.24) is 4.57 Å². The Kier molecular flexibility index (Phi) is 8.49. The Labute approximate surface area is 229 Å². The van der Waals surface area contributed by atoms with E-state index in [2.05, 4.69) is 5.32 Å². The highest BCUT2D eigenvalue weighted by molar-refractivity contribution is 7.07. The Hall–Kier alpha value is -4.81. The Morgan fingerprint density at radius 1 is 0.974 bits per heavy atom. The third-order valence-electron chi connectivity index (χ3n) is 5.59. The summed E-state index contributed by atoms with van der Waals surface area (Å²) < 4.78 is 18.5. The highest BCUT2D eigenvalue weighted by Gasteiger charge is 2.18. The van der Waals surface area contributed by atoms with Crippen molar-refractivity contribution in [3.05, 3.63) is 97.9 Å². The van der Waals surface area contributed by atoms with Crippen LogP contribution in [0.2, 0.25) is 0 Å². The second-order valence-corrected chi connectivity index (χ2v) is 9.64. The van der Waals surface area contributed by atoms with Crippen molar-refractivity contribution in [2.24, 2.45) is 0 Å². The van der Waals surface area contributed by atoms with Crippen LogP contribution < -0.4 is 34.3 Å². The van der Waals surface area contributed by atoms with Gasteiger partial charge in [0.2, 0.25) is 0 Å². The number of nitrogens with one attached hydrogen (secondary N) is 1. The smallest absolute Gasteiger partial charge is 0.273 e. The van der Waals surface area contributed by atoms with Gasteiger partial charge in [-0.05, 0) is 61.9 Å². The number of rotatable bonds is 8. The van der Waals surface area contributed by atoms with Crippen LogP contribution in [0.4, 0.5) is 5.69 Å². The van der Waals surface area contributed by atoms with Gasteiger partial charge in [0.05, 0.1) is 36.2 Å². The first-order valence-corrected chi connectivity index (χ1v) is 12.9. The Balaban J connectivity index is 1.91. The van der Waals surface area contributed by atoms with E-state index in [1.54, 1.807) is 73.8 Å². The van der Waals surface area contributed by atoms with Gasteiger partial charge in [0, 0.05) is 0 Å². The van der Waals surface area contributed by atoms with E-state index < -0.39 is 5.91 Å². The zero-order valence-corrected chi connectivity index (χ0v) is 22.7. The second-order valence-electron chi connectivity index (χ2n) is 8.61. The molecule has 39 heavy (non-hydrogen) atoms. The zero-order valence-electron chi connectivity index (χ0n) is 21.9. The normalized spacial score (nSPS) is 12.1. The number of nitriles is 1. The lowest BCUT2D eigenvalue weighted by molar-refractivity contribution is -0.111. The zero-order chi connectivity index (χ0) is 27.9. The summed E-state index contributed by atoms with van der Waals surface area (Å²) in [7, 11) is 3.04. The number of para-hydroxylation sites is 3. The summed E-state index contributed by atoms with van der Waals surface area (Å²) in [6.45, 7) is 3.85. The molecule has 0 unspecified atom stereocenters. The Bertz CT molecular complexity index is 1720. The van der Waals surface area contributed by atoms with Crippen molar-refractivity contribution in [1.29, 1.82) is 5.26 Å². The molecule has 4 aromatic rings. The van der Waals surface area contributed by atoms with E-state index in [1.807, 2.05) is 32.0 Å². The van der Waals surface area contributed by atoms with Crippen LogP contribution >= 0.6 is 11.3 Å². The fourth-order valence-corrected chi connectivity index (χ4v) is 4.97. The molecule has 3 aromatic carbocycles. The average Bonchev–Trinajstić information content (AvgIpc) is 3.25. The molecular formula is C30H27N3O5S. The molecule has 0 spiro atoms. The third kappa shape index (κ3) is 6.03. The minimum absolute atomic E-state index is 0.0337. The van der Waals surface area contributed by atoms with Crippen LogP contribution in [0.3, 0.4) is 0 Å². The van der Waals surface area contributed by atoms with Crippen LogP contribution in [0.15, 0.2) is 77.6 Å². The largest absolute Gasteiger partial charge is 0.495 e. The molecule has 0 fully saturated rings. The van der Waals surface area contributed by atoms with Crippen LogP contribution in [-0.2, 0) is 4.79 Å². The van der Waals surface area contributed by atoms with Crippen LogP contribution in [0.5, 0.6) is 17.2 Å². The van der Waals surface area contributed by atoms with Crippen LogP contribution in [0.1, 0.15) is 19.4 Å². The lowest BCUT2D eigenvalue weighted by atomic mass is 10.2. The Morgan fingerprint density at radius 2 is 1.67 bits per heavy atom. The molecule has 1 aromatic heterocycles. The van der Waals surface area contributed by atoms with E-state index in [9.17, 15) is 14.9 Å². The van der Waals surface area contributed by atoms with Gasteiger partial charge in [-0.3, -0.25) is 14.2 Å². The second kappa shape index (κ2) is 12.2. The fourth-order valence-electron chi connectivity index (χ4n) is 3.87. The van der Waals surface area contributed by atoms with E-state index in [0.717, 1.165) is 11.3 Å². The average molecular weight is 542 g/mol. The molecule has 0 saturated carbocycles. The number of carbonyl (C=O) groups excluding carboxylic acids is 1. The number of carbonyl (C=O) groups is 1. The lowest BCUT2D eigenvalue weighted by Gasteiger charge is -2.13. The molecule has 1 N–H and O–H groups in total. The van der Waals surface area contributed by atoms with Gasteiger partial charge >= 0.3 is 0 Å². The number of ether oxygens (including phenoxy) is 3. The summed E-state index contributed by atoms with van der Waals surface area (Å²) in [6, 6.07) is 23.1. The van der Waals surface area contributed by atoms with Gasteiger partial charge in [-0.15, -0.1) is 11.3 Å². The van der Waals surface area contributed by atoms with Gasteiger partial charge < -0.3 is 19.5 Å². The molecule has 0 aliphatic heterocycles. The van der Waals surface area contributed by atoms with Crippen molar-refractivity contribution in [2.75, 3.05) is 19.5 Å². The molecule has 0 radical (unpaired) electrons. The van der Waals surface area contributed by atoms with Crippen molar-refractivity contribution in [3.63, 3.8) is 0 Å². The SMILES string of the molecule is COc1ccccc1NC(=O)C(C#N)=c1sc(=Cc2ccc(OC(C)C)c(OC)c2)c(=O)n1-c1ccccc1. The molecule has 1 amide bonds. The van der Waals surface area contributed by atoms with Crippen molar-refractivity contribution < 1.29 is 19.0 Å². The van der Waals surface area contributed by atoms with Crippen molar-refractivity contribution in [3.8, 4) is 29.0 Å². The van der Waals surface area contributed by atoms with Gasteiger partial charge in [0.15, 0.2) is 17.1 Å². The molecule has 8 nitrogen and oxygen atoms in total. The van der Waals surface area contributed by atoms with Gasteiger partial charge in [0.25, 0.3) is 11.5 Å². The van der Waals surface area contributed by atoms with E-state index in [0.29, 0.717) is 38.7 Å². The molecule has 0 saturated heterocycles. The van der Waals surface area contributed by atoms with Crippen molar-refractivity contribution >= 4 is 34.6 Å².